The molecule has 0 aliphatic heterocycles. The molecule has 3 nitrogen and oxygen atoms in total. The summed E-state index contributed by atoms with van der Waals surface area (Å²) in [5.74, 6) is 1.99. The molecule has 0 spiro atoms. The summed E-state index contributed by atoms with van der Waals surface area (Å²) in [5.41, 5.74) is 1.07. The average molecular weight is 329 g/mol. The lowest BCUT2D eigenvalue weighted by atomic mass is 10.1. The molecule has 1 amide bonds. The molecular weight excluding hydrogens is 300 g/mol. The number of carbonyl (C=O) groups excluding carboxylic acids is 1. The zero-order valence-electron chi connectivity index (χ0n) is 13.8. The van der Waals surface area contributed by atoms with Crippen molar-refractivity contribution in [2.45, 2.75) is 20.3 Å². The number of hydrogen-bond acceptors (Lipinski definition) is 4. The second-order valence-corrected chi connectivity index (χ2v) is 7.18. The summed E-state index contributed by atoms with van der Waals surface area (Å²) < 4.78 is 0. The van der Waals surface area contributed by atoms with E-state index in [-0.39, 0.29) is 5.91 Å². The standard InChI is InChI=1S/C14H22N2OS2.C2H6/c1-15(2)9-10-18-19-12-16(3)14(17)11-13-7-5-4-6-8-13;1-2/h4-8H,9-12H2,1-3H3;1-2H3. The van der Waals surface area contributed by atoms with Crippen molar-refractivity contribution >= 4 is 27.5 Å². The maximum absolute atomic E-state index is 12.0. The normalized spacial score (nSPS) is 10.0. The van der Waals surface area contributed by atoms with Crippen LogP contribution in [0, 0.1) is 0 Å². The van der Waals surface area contributed by atoms with Gasteiger partial charge in [0.15, 0.2) is 0 Å². The fourth-order valence-corrected chi connectivity index (χ4v) is 3.58. The molecule has 0 aliphatic rings. The Balaban J connectivity index is 0.00000191. The van der Waals surface area contributed by atoms with Crippen LogP contribution < -0.4 is 0 Å². The van der Waals surface area contributed by atoms with E-state index in [0.717, 1.165) is 23.7 Å². The zero-order valence-corrected chi connectivity index (χ0v) is 15.5. The lowest BCUT2D eigenvalue weighted by Crippen LogP contribution is -2.27. The van der Waals surface area contributed by atoms with E-state index in [4.69, 9.17) is 0 Å². The van der Waals surface area contributed by atoms with Gasteiger partial charge < -0.3 is 9.80 Å². The molecule has 0 fully saturated rings. The number of hydrogen-bond donors (Lipinski definition) is 0. The van der Waals surface area contributed by atoms with Crippen molar-refractivity contribution in [2.24, 2.45) is 0 Å². The van der Waals surface area contributed by atoms with Crippen LogP contribution in [0.15, 0.2) is 30.3 Å². The molecule has 0 aromatic heterocycles. The number of likely N-dealkylation sites (N-methyl/N-ethyl adjacent to an activating group) is 1. The third kappa shape index (κ3) is 10.7. The third-order valence-electron chi connectivity index (χ3n) is 2.58. The monoisotopic (exact) mass is 328 g/mol. The molecule has 1 rings (SSSR count). The van der Waals surface area contributed by atoms with E-state index in [2.05, 4.69) is 19.0 Å². The van der Waals surface area contributed by atoms with Crippen molar-refractivity contribution in [1.29, 1.82) is 0 Å². The smallest absolute Gasteiger partial charge is 0.227 e. The summed E-state index contributed by atoms with van der Waals surface area (Å²) in [6.07, 6.45) is 0.486. The van der Waals surface area contributed by atoms with Gasteiger partial charge >= 0.3 is 0 Å². The van der Waals surface area contributed by atoms with Gasteiger partial charge in [-0.05, 0) is 19.7 Å². The Bertz CT molecular complexity index is 372. The van der Waals surface area contributed by atoms with Crippen LogP contribution in [-0.2, 0) is 11.2 Å². The molecule has 1 aromatic carbocycles. The van der Waals surface area contributed by atoms with Crippen LogP contribution in [0.1, 0.15) is 19.4 Å². The van der Waals surface area contributed by atoms with E-state index in [1.165, 1.54) is 0 Å². The van der Waals surface area contributed by atoms with Crippen molar-refractivity contribution in [2.75, 3.05) is 39.3 Å². The Morgan fingerprint density at radius 1 is 1.05 bits per heavy atom. The van der Waals surface area contributed by atoms with Gasteiger partial charge in [0.25, 0.3) is 0 Å². The van der Waals surface area contributed by atoms with Gasteiger partial charge in [0, 0.05) is 19.3 Å². The lowest BCUT2D eigenvalue weighted by Gasteiger charge is -2.16. The summed E-state index contributed by atoms with van der Waals surface area (Å²) in [6, 6.07) is 9.88. The summed E-state index contributed by atoms with van der Waals surface area (Å²) >= 11 is 0. The first-order valence-electron chi connectivity index (χ1n) is 7.26. The fraction of sp³-hybridized carbons (Fsp3) is 0.562. The molecule has 120 valence electrons. The third-order valence-corrected chi connectivity index (χ3v) is 4.90. The van der Waals surface area contributed by atoms with Crippen molar-refractivity contribution in [3.63, 3.8) is 0 Å². The summed E-state index contributed by atoms with van der Waals surface area (Å²) in [5, 5.41) is 0. The maximum Gasteiger partial charge on any atom is 0.227 e. The van der Waals surface area contributed by atoms with E-state index in [1.807, 2.05) is 62.0 Å². The summed E-state index contributed by atoms with van der Waals surface area (Å²) in [6.45, 7) is 5.07. The van der Waals surface area contributed by atoms with Gasteiger partial charge in [-0.2, -0.15) is 0 Å². The highest BCUT2D eigenvalue weighted by atomic mass is 33.1. The largest absolute Gasteiger partial charge is 0.335 e. The second kappa shape index (κ2) is 13.0. The minimum atomic E-state index is 0.173. The van der Waals surface area contributed by atoms with Crippen LogP contribution in [0.25, 0.3) is 0 Å². The molecule has 0 unspecified atom stereocenters. The molecule has 0 bridgehead atoms. The Morgan fingerprint density at radius 3 is 2.24 bits per heavy atom. The molecule has 0 atom stereocenters. The number of nitrogens with zero attached hydrogens (tertiary/aromatic N) is 2. The first-order chi connectivity index (χ1) is 10.1. The topological polar surface area (TPSA) is 23.6 Å². The molecule has 0 saturated carbocycles. The van der Waals surface area contributed by atoms with Crippen LogP contribution in [0.5, 0.6) is 0 Å². The van der Waals surface area contributed by atoms with E-state index >= 15 is 0 Å². The Kier molecular flexibility index (Phi) is 12.6. The lowest BCUT2D eigenvalue weighted by molar-refractivity contribution is -0.128. The molecule has 0 N–H and O–H groups in total. The van der Waals surface area contributed by atoms with Gasteiger partial charge in [-0.3, -0.25) is 4.79 Å². The average Bonchev–Trinajstić information content (AvgIpc) is 2.49. The van der Waals surface area contributed by atoms with Gasteiger partial charge in [-0.1, -0.05) is 65.8 Å². The predicted molar refractivity (Wildman–Crippen MR) is 97.7 cm³/mol. The zero-order chi connectivity index (χ0) is 16.1. The number of amides is 1. The van der Waals surface area contributed by atoms with Crippen molar-refractivity contribution in [3.8, 4) is 0 Å². The van der Waals surface area contributed by atoms with Crippen molar-refractivity contribution in [1.82, 2.24) is 9.80 Å². The second-order valence-electron chi connectivity index (χ2n) is 4.63. The molecule has 5 heteroatoms. The van der Waals surface area contributed by atoms with E-state index in [1.54, 1.807) is 15.7 Å². The van der Waals surface area contributed by atoms with Crippen LogP contribution in [0.3, 0.4) is 0 Å². The summed E-state index contributed by atoms with van der Waals surface area (Å²) in [4.78, 5) is 15.9. The molecule has 0 radical (unpaired) electrons. The van der Waals surface area contributed by atoms with E-state index in [0.29, 0.717) is 6.42 Å². The van der Waals surface area contributed by atoms with Crippen LogP contribution in [-0.4, -0.2) is 55.0 Å². The Labute approximate surface area is 137 Å². The quantitative estimate of drug-likeness (QED) is 0.413. The molecule has 21 heavy (non-hydrogen) atoms. The molecule has 0 saturated heterocycles. The van der Waals surface area contributed by atoms with Gasteiger partial charge in [-0.25, -0.2) is 0 Å². The van der Waals surface area contributed by atoms with Crippen LogP contribution in [0.4, 0.5) is 0 Å². The highest BCUT2D eigenvalue weighted by molar-refractivity contribution is 8.76. The minimum Gasteiger partial charge on any atom is -0.335 e. The number of benzene rings is 1. The maximum atomic E-state index is 12.0. The van der Waals surface area contributed by atoms with Gasteiger partial charge in [-0.15, -0.1) is 0 Å². The molecule has 1 aromatic rings. The molecule has 0 aliphatic carbocycles. The minimum absolute atomic E-state index is 0.173. The van der Waals surface area contributed by atoms with Crippen LogP contribution >= 0.6 is 21.6 Å². The highest BCUT2D eigenvalue weighted by Crippen LogP contribution is 2.21. The molecule has 0 heterocycles. The number of rotatable bonds is 8. The SMILES string of the molecule is CC.CN(C)CCSSCN(C)C(=O)Cc1ccccc1. The fourth-order valence-electron chi connectivity index (χ4n) is 1.37. The predicted octanol–water partition coefficient (Wildman–Crippen LogP) is 3.61. The van der Waals surface area contributed by atoms with Crippen molar-refractivity contribution < 1.29 is 4.79 Å². The van der Waals surface area contributed by atoms with E-state index < -0.39 is 0 Å². The van der Waals surface area contributed by atoms with Gasteiger partial charge in [0.1, 0.15) is 0 Å². The molecular formula is C16H28N2OS2. The van der Waals surface area contributed by atoms with E-state index in [9.17, 15) is 4.79 Å². The van der Waals surface area contributed by atoms with Gasteiger partial charge in [0.05, 0.1) is 12.3 Å². The van der Waals surface area contributed by atoms with Crippen molar-refractivity contribution in [3.05, 3.63) is 35.9 Å². The first-order valence-corrected chi connectivity index (χ1v) is 9.75. The Hall–Kier alpha value is -0.650. The first kappa shape index (κ1) is 20.3. The van der Waals surface area contributed by atoms with Gasteiger partial charge in [0.2, 0.25) is 5.91 Å². The van der Waals surface area contributed by atoms with Crippen LogP contribution in [0.2, 0.25) is 0 Å². The summed E-state index contributed by atoms with van der Waals surface area (Å²) in [7, 11) is 9.56. The highest BCUT2D eigenvalue weighted by Gasteiger charge is 2.09. The number of carbonyl (C=O) groups is 1. The Morgan fingerprint density at radius 2 is 1.67 bits per heavy atom.